The maximum absolute atomic E-state index is 12.0. The number of carbonyl (C=O) groups is 1. The van der Waals surface area contributed by atoms with Gasteiger partial charge in [-0.05, 0) is 19.4 Å². The van der Waals surface area contributed by atoms with Crippen LogP contribution >= 0.6 is 0 Å². The first-order valence-electron chi connectivity index (χ1n) is 6.90. The van der Waals surface area contributed by atoms with Gasteiger partial charge in [-0.1, -0.05) is 36.4 Å². The smallest absolute Gasteiger partial charge is 0.247 e. The summed E-state index contributed by atoms with van der Waals surface area (Å²) >= 11 is 0. The Morgan fingerprint density at radius 2 is 2.05 bits per heavy atom. The summed E-state index contributed by atoms with van der Waals surface area (Å²) in [5, 5.41) is 0. The molecule has 0 bridgehead atoms. The van der Waals surface area contributed by atoms with Crippen LogP contribution in [0.2, 0.25) is 0 Å². The van der Waals surface area contributed by atoms with Crippen LogP contribution in [-0.2, 0) is 20.8 Å². The molecule has 0 saturated carbocycles. The lowest BCUT2D eigenvalue weighted by Crippen LogP contribution is -2.43. The van der Waals surface area contributed by atoms with Crippen LogP contribution in [0.5, 0.6) is 0 Å². The molecule has 106 valence electrons. The molecular formula is C16H19NO3. The Balaban J connectivity index is 1.74. The van der Waals surface area contributed by atoms with E-state index in [0.29, 0.717) is 13.2 Å². The van der Waals surface area contributed by atoms with Gasteiger partial charge < -0.3 is 14.4 Å². The summed E-state index contributed by atoms with van der Waals surface area (Å²) in [6, 6.07) is 9.94. The lowest BCUT2D eigenvalue weighted by molar-refractivity contribution is -0.148. The van der Waals surface area contributed by atoms with E-state index >= 15 is 0 Å². The number of rotatable bonds is 3. The van der Waals surface area contributed by atoms with E-state index < -0.39 is 5.79 Å². The summed E-state index contributed by atoms with van der Waals surface area (Å²) in [5.74, 6) is -0.532. The average molecular weight is 273 g/mol. The number of benzene rings is 1. The molecule has 1 aromatic rings. The van der Waals surface area contributed by atoms with E-state index in [1.807, 2.05) is 55.2 Å². The Bertz CT molecular complexity index is 524. The van der Waals surface area contributed by atoms with Gasteiger partial charge in [0.15, 0.2) is 5.79 Å². The van der Waals surface area contributed by atoms with E-state index in [2.05, 4.69) is 0 Å². The molecule has 0 spiro atoms. The van der Waals surface area contributed by atoms with E-state index in [-0.39, 0.29) is 18.1 Å². The highest BCUT2D eigenvalue weighted by Gasteiger charge is 2.41. The Morgan fingerprint density at radius 3 is 2.70 bits per heavy atom. The van der Waals surface area contributed by atoms with Crippen molar-refractivity contribution in [3.63, 3.8) is 0 Å². The quantitative estimate of drug-likeness (QED) is 0.846. The Morgan fingerprint density at radius 1 is 1.30 bits per heavy atom. The van der Waals surface area contributed by atoms with Crippen molar-refractivity contribution in [1.29, 1.82) is 0 Å². The molecular weight excluding hydrogens is 254 g/mol. The van der Waals surface area contributed by atoms with Gasteiger partial charge in [0.1, 0.15) is 6.10 Å². The van der Waals surface area contributed by atoms with E-state index in [9.17, 15) is 4.79 Å². The van der Waals surface area contributed by atoms with Gasteiger partial charge in [0.25, 0.3) is 0 Å². The van der Waals surface area contributed by atoms with Crippen LogP contribution < -0.4 is 0 Å². The molecule has 0 aliphatic carbocycles. The van der Waals surface area contributed by atoms with Gasteiger partial charge in [0, 0.05) is 12.6 Å². The number of hydrogen-bond donors (Lipinski definition) is 0. The maximum Gasteiger partial charge on any atom is 0.247 e. The lowest BCUT2D eigenvalue weighted by Gasteiger charge is -2.29. The van der Waals surface area contributed by atoms with Gasteiger partial charge in [-0.2, -0.15) is 0 Å². The second kappa shape index (κ2) is 5.04. The maximum atomic E-state index is 12.0. The third kappa shape index (κ3) is 2.62. The standard InChI is InChI=1S/C16H19NO3/c1-16(2)19-11-14(20-16)13-8-9-15(18)17(13)10-12-6-4-3-5-7-12/h3-9,13-14H,10-11H2,1-2H3/t13-,14-/m1/s1. The molecule has 2 heterocycles. The lowest BCUT2D eigenvalue weighted by atomic mass is 10.1. The van der Waals surface area contributed by atoms with Crippen molar-refractivity contribution in [2.24, 2.45) is 0 Å². The molecule has 2 atom stereocenters. The number of hydrogen-bond acceptors (Lipinski definition) is 3. The highest BCUT2D eigenvalue weighted by atomic mass is 16.7. The molecule has 0 unspecified atom stereocenters. The van der Waals surface area contributed by atoms with Crippen LogP contribution in [0.25, 0.3) is 0 Å². The molecule has 0 N–H and O–H groups in total. The second-order valence-electron chi connectivity index (χ2n) is 5.67. The van der Waals surface area contributed by atoms with Crippen molar-refractivity contribution >= 4 is 5.91 Å². The minimum atomic E-state index is -0.567. The molecule has 4 nitrogen and oxygen atoms in total. The summed E-state index contributed by atoms with van der Waals surface area (Å²) in [4.78, 5) is 13.9. The van der Waals surface area contributed by atoms with Gasteiger partial charge >= 0.3 is 0 Å². The van der Waals surface area contributed by atoms with Crippen LogP contribution in [0, 0.1) is 0 Å². The van der Waals surface area contributed by atoms with Crippen molar-refractivity contribution in [1.82, 2.24) is 4.90 Å². The van der Waals surface area contributed by atoms with Crippen molar-refractivity contribution < 1.29 is 14.3 Å². The Kier molecular flexibility index (Phi) is 3.36. The van der Waals surface area contributed by atoms with Crippen molar-refractivity contribution in [2.45, 2.75) is 38.3 Å². The van der Waals surface area contributed by atoms with E-state index in [0.717, 1.165) is 5.56 Å². The fourth-order valence-electron chi connectivity index (χ4n) is 2.70. The van der Waals surface area contributed by atoms with Crippen molar-refractivity contribution in [3.05, 3.63) is 48.0 Å². The molecule has 2 aliphatic rings. The molecule has 2 aliphatic heterocycles. The van der Waals surface area contributed by atoms with Crippen LogP contribution in [-0.4, -0.2) is 35.3 Å². The molecule has 1 amide bonds. The average Bonchev–Trinajstić information content (AvgIpc) is 2.95. The van der Waals surface area contributed by atoms with Gasteiger partial charge in [0.05, 0.1) is 12.6 Å². The normalized spacial score (nSPS) is 28.3. The summed E-state index contributed by atoms with van der Waals surface area (Å²) in [7, 11) is 0. The summed E-state index contributed by atoms with van der Waals surface area (Å²) < 4.78 is 11.5. The number of ether oxygens (including phenoxy) is 2. The number of carbonyl (C=O) groups excluding carboxylic acids is 1. The summed E-state index contributed by atoms with van der Waals surface area (Å²) in [6.45, 7) is 4.91. The van der Waals surface area contributed by atoms with Gasteiger partial charge in [-0.15, -0.1) is 0 Å². The minimum Gasteiger partial charge on any atom is -0.348 e. The van der Waals surface area contributed by atoms with Crippen LogP contribution in [0.1, 0.15) is 19.4 Å². The van der Waals surface area contributed by atoms with Gasteiger partial charge in [0.2, 0.25) is 5.91 Å². The second-order valence-corrected chi connectivity index (χ2v) is 5.67. The first-order valence-corrected chi connectivity index (χ1v) is 6.90. The van der Waals surface area contributed by atoms with Crippen LogP contribution in [0.15, 0.2) is 42.5 Å². The third-order valence-electron chi connectivity index (χ3n) is 3.69. The van der Waals surface area contributed by atoms with Crippen LogP contribution in [0.4, 0.5) is 0 Å². The molecule has 1 saturated heterocycles. The largest absolute Gasteiger partial charge is 0.348 e. The van der Waals surface area contributed by atoms with E-state index in [1.165, 1.54) is 0 Å². The molecule has 3 rings (SSSR count). The Hall–Kier alpha value is -1.65. The van der Waals surface area contributed by atoms with E-state index in [4.69, 9.17) is 9.47 Å². The topological polar surface area (TPSA) is 38.8 Å². The zero-order valence-electron chi connectivity index (χ0n) is 11.8. The summed E-state index contributed by atoms with van der Waals surface area (Å²) in [6.07, 6.45) is 3.44. The Labute approximate surface area is 119 Å². The highest BCUT2D eigenvalue weighted by Crippen LogP contribution is 2.29. The molecule has 0 aromatic heterocycles. The molecule has 1 fully saturated rings. The molecule has 1 aromatic carbocycles. The van der Waals surface area contributed by atoms with Gasteiger partial charge in [-0.25, -0.2) is 0 Å². The fraction of sp³-hybridized carbons (Fsp3) is 0.438. The minimum absolute atomic E-state index is 0.0344. The zero-order valence-corrected chi connectivity index (χ0v) is 11.8. The number of nitrogens with zero attached hydrogens (tertiary/aromatic N) is 1. The molecule has 4 heteroatoms. The zero-order chi connectivity index (χ0) is 14.2. The predicted octanol–water partition coefficient (Wildman–Crippen LogP) is 2.11. The molecule has 20 heavy (non-hydrogen) atoms. The first kappa shape index (κ1) is 13.3. The molecule has 0 radical (unpaired) electrons. The predicted molar refractivity (Wildman–Crippen MR) is 74.8 cm³/mol. The monoisotopic (exact) mass is 273 g/mol. The highest BCUT2D eigenvalue weighted by molar-refractivity contribution is 5.90. The fourth-order valence-corrected chi connectivity index (χ4v) is 2.70. The van der Waals surface area contributed by atoms with Crippen molar-refractivity contribution in [3.8, 4) is 0 Å². The van der Waals surface area contributed by atoms with Crippen molar-refractivity contribution in [2.75, 3.05) is 6.61 Å². The van der Waals surface area contributed by atoms with Gasteiger partial charge in [-0.3, -0.25) is 4.79 Å². The third-order valence-corrected chi connectivity index (χ3v) is 3.69. The van der Waals surface area contributed by atoms with E-state index in [1.54, 1.807) is 6.08 Å². The van der Waals surface area contributed by atoms with Crippen LogP contribution in [0.3, 0.4) is 0 Å². The number of amides is 1. The SMILES string of the molecule is CC1(C)OC[C@H]([C@H]2C=CC(=O)N2Cc2ccccc2)O1. The summed E-state index contributed by atoms with van der Waals surface area (Å²) in [5.41, 5.74) is 1.12. The first-order chi connectivity index (χ1) is 9.55.